The lowest BCUT2D eigenvalue weighted by Gasteiger charge is -2.02. The molecule has 1 rings (SSSR count). The number of benzene rings is 1. The second-order valence-electron chi connectivity index (χ2n) is 1.92. The van der Waals surface area contributed by atoms with Crippen LogP contribution in [0.1, 0.15) is 0 Å². The Labute approximate surface area is 70.7 Å². The van der Waals surface area contributed by atoms with E-state index in [1.54, 1.807) is 0 Å². The van der Waals surface area contributed by atoms with E-state index in [2.05, 4.69) is 4.18 Å². The van der Waals surface area contributed by atoms with Gasteiger partial charge in [-0.15, -0.1) is 0 Å². The molecule has 0 spiro atoms. The highest BCUT2D eigenvalue weighted by atomic mass is 32.2. The van der Waals surface area contributed by atoms with E-state index in [9.17, 15) is 4.21 Å². The van der Waals surface area contributed by atoms with Gasteiger partial charge in [0.15, 0.2) is 11.5 Å². The summed E-state index contributed by atoms with van der Waals surface area (Å²) in [7, 11) is 0. The largest absolute Gasteiger partial charge is 0.504 e. The van der Waals surface area contributed by atoms with Crippen molar-refractivity contribution in [1.29, 1.82) is 0 Å². The van der Waals surface area contributed by atoms with Crippen molar-refractivity contribution in [3.05, 3.63) is 18.2 Å². The van der Waals surface area contributed by atoms with Crippen LogP contribution in [-0.2, 0) is 11.4 Å². The monoisotopic (exact) mass is 190 g/mol. The van der Waals surface area contributed by atoms with Gasteiger partial charge in [-0.1, -0.05) is 6.07 Å². The zero-order valence-corrected chi connectivity index (χ0v) is 6.61. The number of hydrogen-bond acceptors (Lipinski definition) is 4. The molecule has 0 radical (unpaired) electrons. The summed E-state index contributed by atoms with van der Waals surface area (Å²) in [6.45, 7) is 0. The molecule has 0 aliphatic heterocycles. The van der Waals surface area contributed by atoms with Gasteiger partial charge in [-0.2, -0.15) is 4.21 Å². The van der Waals surface area contributed by atoms with Gasteiger partial charge < -0.3 is 14.4 Å². The Kier molecular flexibility index (Phi) is 2.51. The van der Waals surface area contributed by atoms with Crippen LogP contribution in [0, 0.1) is 0 Å². The lowest BCUT2D eigenvalue weighted by molar-refractivity contribution is 0.380. The molecule has 0 fully saturated rings. The third-order valence-electron chi connectivity index (χ3n) is 1.14. The van der Waals surface area contributed by atoms with Crippen molar-refractivity contribution in [2.75, 3.05) is 0 Å². The topological polar surface area (TPSA) is 87.0 Å². The fourth-order valence-electron chi connectivity index (χ4n) is 0.655. The third-order valence-corrected chi connectivity index (χ3v) is 1.46. The molecule has 5 nitrogen and oxygen atoms in total. The van der Waals surface area contributed by atoms with Crippen LogP contribution < -0.4 is 4.18 Å². The molecule has 12 heavy (non-hydrogen) atoms. The van der Waals surface area contributed by atoms with Gasteiger partial charge in [-0.25, -0.2) is 0 Å². The summed E-state index contributed by atoms with van der Waals surface area (Å²) in [5.41, 5.74) is 0. The number of phenols is 2. The average molecular weight is 190 g/mol. The summed E-state index contributed by atoms with van der Waals surface area (Å²) in [5.74, 6) is -1.20. The third kappa shape index (κ3) is 1.86. The zero-order valence-electron chi connectivity index (χ0n) is 5.80. The van der Waals surface area contributed by atoms with Gasteiger partial charge in [0.2, 0.25) is 5.75 Å². The van der Waals surface area contributed by atoms with Crippen molar-refractivity contribution in [1.82, 2.24) is 0 Å². The summed E-state index contributed by atoms with van der Waals surface area (Å²) >= 11 is -2.51. The second-order valence-corrected chi connectivity index (χ2v) is 2.53. The molecule has 3 N–H and O–H groups in total. The molecule has 0 saturated heterocycles. The molecular formula is C6H6O5S. The van der Waals surface area contributed by atoms with Gasteiger partial charge in [-0.3, -0.25) is 4.55 Å². The molecule has 0 bridgehead atoms. The Hall–Kier alpha value is -1.27. The molecule has 0 saturated carbocycles. The normalized spacial score (nSPS) is 12.4. The summed E-state index contributed by atoms with van der Waals surface area (Å²) in [5, 5.41) is 17.9. The molecule has 0 aromatic heterocycles. The maximum Gasteiger partial charge on any atom is 0.357 e. The van der Waals surface area contributed by atoms with Gasteiger partial charge in [0.25, 0.3) is 0 Å². The standard InChI is InChI=1S/C6H6O5S/c7-4-2-1-3-5(6(4)8)11-12(9)10/h1-3,7-8H,(H,9,10). The van der Waals surface area contributed by atoms with E-state index in [1.165, 1.54) is 18.2 Å². The number of hydrogen-bond donors (Lipinski definition) is 3. The predicted molar refractivity (Wildman–Crippen MR) is 41.2 cm³/mol. The minimum absolute atomic E-state index is 0.240. The second kappa shape index (κ2) is 3.42. The summed E-state index contributed by atoms with van der Waals surface area (Å²) in [6.07, 6.45) is 0. The minimum Gasteiger partial charge on any atom is -0.504 e. The Morgan fingerprint density at radius 1 is 1.33 bits per heavy atom. The summed E-state index contributed by atoms with van der Waals surface area (Å²) in [6, 6.07) is 3.85. The molecule has 0 aliphatic carbocycles. The van der Waals surface area contributed by atoms with E-state index < -0.39 is 22.9 Å². The molecule has 0 amide bonds. The van der Waals surface area contributed by atoms with Gasteiger partial charge in [0, 0.05) is 0 Å². The van der Waals surface area contributed by atoms with E-state index >= 15 is 0 Å². The zero-order chi connectivity index (χ0) is 9.14. The van der Waals surface area contributed by atoms with Crippen molar-refractivity contribution >= 4 is 11.4 Å². The van der Waals surface area contributed by atoms with E-state index in [1.807, 2.05) is 0 Å². The molecule has 1 atom stereocenters. The molecule has 0 heterocycles. The Morgan fingerprint density at radius 2 is 2.00 bits per heavy atom. The first-order valence-electron chi connectivity index (χ1n) is 2.91. The van der Waals surface area contributed by atoms with Gasteiger partial charge in [0.1, 0.15) is 0 Å². The molecule has 1 aromatic rings. The van der Waals surface area contributed by atoms with Crippen LogP contribution in [0.2, 0.25) is 0 Å². The maximum atomic E-state index is 10.1. The molecule has 1 aromatic carbocycles. The van der Waals surface area contributed by atoms with Crippen molar-refractivity contribution in [3.63, 3.8) is 0 Å². The van der Waals surface area contributed by atoms with Gasteiger partial charge >= 0.3 is 11.4 Å². The first kappa shape index (κ1) is 8.82. The van der Waals surface area contributed by atoms with Crippen molar-refractivity contribution in [2.24, 2.45) is 0 Å². The summed E-state index contributed by atoms with van der Waals surface area (Å²) in [4.78, 5) is 0. The predicted octanol–water partition coefficient (Wildman–Crippen LogP) is 0.613. The average Bonchev–Trinajstić information content (AvgIpc) is 1.98. The van der Waals surface area contributed by atoms with E-state index in [0.717, 1.165) is 0 Å². The first-order chi connectivity index (χ1) is 5.61. The molecule has 0 aliphatic rings. The smallest absolute Gasteiger partial charge is 0.357 e. The van der Waals surface area contributed by atoms with Crippen LogP contribution in [0.15, 0.2) is 18.2 Å². The SMILES string of the molecule is O=S(O)Oc1cccc(O)c1O. The Morgan fingerprint density at radius 3 is 2.58 bits per heavy atom. The van der Waals surface area contributed by atoms with Gasteiger partial charge in [0.05, 0.1) is 0 Å². The molecule has 66 valence electrons. The van der Waals surface area contributed by atoms with Crippen LogP contribution in [0.5, 0.6) is 17.2 Å². The Balaban J connectivity index is 3.00. The van der Waals surface area contributed by atoms with Crippen molar-refractivity contribution in [3.8, 4) is 17.2 Å². The quantitative estimate of drug-likeness (QED) is 0.470. The van der Waals surface area contributed by atoms with Crippen molar-refractivity contribution < 1.29 is 23.2 Å². The molecular weight excluding hydrogens is 184 g/mol. The van der Waals surface area contributed by atoms with Crippen LogP contribution >= 0.6 is 0 Å². The van der Waals surface area contributed by atoms with E-state index in [-0.39, 0.29) is 5.75 Å². The number of para-hydroxylation sites is 1. The number of rotatable bonds is 2. The van der Waals surface area contributed by atoms with Crippen LogP contribution in [0.25, 0.3) is 0 Å². The fourth-order valence-corrected chi connectivity index (χ4v) is 0.943. The van der Waals surface area contributed by atoms with E-state index in [0.29, 0.717) is 0 Å². The highest BCUT2D eigenvalue weighted by Crippen LogP contribution is 2.34. The number of aromatic hydroxyl groups is 2. The van der Waals surface area contributed by atoms with Crippen LogP contribution in [-0.4, -0.2) is 19.0 Å². The molecule has 1 unspecified atom stereocenters. The van der Waals surface area contributed by atoms with Crippen LogP contribution in [0.4, 0.5) is 0 Å². The van der Waals surface area contributed by atoms with Gasteiger partial charge in [-0.05, 0) is 12.1 Å². The highest BCUT2D eigenvalue weighted by Gasteiger charge is 2.08. The number of phenolic OH excluding ortho intramolecular Hbond substituents is 2. The highest BCUT2D eigenvalue weighted by molar-refractivity contribution is 7.74. The van der Waals surface area contributed by atoms with E-state index in [4.69, 9.17) is 14.8 Å². The van der Waals surface area contributed by atoms with Crippen LogP contribution in [0.3, 0.4) is 0 Å². The minimum atomic E-state index is -2.51. The lowest BCUT2D eigenvalue weighted by Crippen LogP contribution is -1.97. The Bertz CT molecular complexity index is 311. The molecule has 6 heteroatoms. The fraction of sp³-hybridized carbons (Fsp3) is 0. The maximum absolute atomic E-state index is 10.1. The van der Waals surface area contributed by atoms with Crippen molar-refractivity contribution in [2.45, 2.75) is 0 Å². The first-order valence-corrected chi connectivity index (χ1v) is 3.94. The summed E-state index contributed by atoms with van der Waals surface area (Å²) < 4.78 is 22.7. The lowest BCUT2D eigenvalue weighted by atomic mass is 10.3.